The number of rotatable bonds is 4. The predicted octanol–water partition coefficient (Wildman–Crippen LogP) is 2.59. The standard InChI is InChI=1S/C13H15N3OS/c1-3-4-9(2)5-6-11-14-7-10-13(15-11)16-12(17)8-18-10/h3-4,7H,1,5-6,8H2,2H3,(H,14,15,16,17). The Hall–Kier alpha value is -1.62. The lowest BCUT2D eigenvalue weighted by atomic mass is 10.1. The number of nitrogens with zero attached hydrogens (tertiary/aromatic N) is 2. The molecular formula is C13H15N3OS. The Kier molecular flexibility index (Phi) is 4.15. The summed E-state index contributed by atoms with van der Waals surface area (Å²) in [5.74, 6) is 1.84. The molecule has 18 heavy (non-hydrogen) atoms. The molecule has 0 unspecified atom stereocenters. The van der Waals surface area contributed by atoms with Gasteiger partial charge in [-0.1, -0.05) is 24.3 Å². The van der Waals surface area contributed by atoms with E-state index in [2.05, 4.69) is 28.8 Å². The molecule has 1 aromatic heterocycles. The van der Waals surface area contributed by atoms with Crippen LogP contribution in [0.15, 0.2) is 35.4 Å². The van der Waals surface area contributed by atoms with Gasteiger partial charge in [-0.15, -0.1) is 11.8 Å². The van der Waals surface area contributed by atoms with Gasteiger partial charge < -0.3 is 5.32 Å². The van der Waals surface area contributed by atoms with Crippen LogP contribution in [0.2, 0.25) is 0 Å². The number of amides is 1. The van der Waals surface area contributed by atoms with Crippen LogP contribution in [0.4, 0.5) is 5.82 Å². The van der Waals surface area contributed by atoms with E-state index >= 15 is 0 Å². The molecule has 0 atom stereocenters. The van der Waals surface area contributed by atoms with Crippen LogP contribution in [0.1, 0.15) is 19.2 Å². The molecule has 0 fully saturated rings. The quantitative estimate of drug-likeness (QED) is 0.846. The maximum Gasteiger partial charge on any atom is 0.235 e. The monoisotopic (exact) mass is 261 g/mol. The zero-order valence-electron chi connectivity index (χ0n) is 10.3. The minimum Gasteiger partial charge on any atom is -0.309 e. The highest BCUT2D eigenvalue weighted by atomic mass is 32.2. The molecule has 2 rings (SSSR count). The third-order valence-electron chi connectivity index (χ3n) is 2.57. The Morgan fingerprint density at radius 3 is 3.28 bits per heavy atom. The van der Waals surface area contributed by atoms with Crippen molar-refractivity contribution in [2.45, 2.75) is 24.7 Å². The molecule has 94 valence electrons. The summed E-state index contributed by atoms with van der Waals surface area (Å²) in [6.07, 6.45) is 7.21. The fourth-order valence-electron chi connectivity index (χ4n) is 1.63. The average molecular weight is 261 g/mol. The minimum absolute atomic E-state index is 0.000108. The predicted molar refractivity (Wildman–Crippen MR) is 73.7 cm³/mol. The van der Waals surface area contributed by atoms with Crippen molar-refractivity contribution >= 4 is 23.5 Å². The summed E-state index contributed by atoms with van der Waals surface area (Å²) in [7, 11) is 0. The zero-order chi connectivity index (χ0) is 13.0. The topological polar surface area (TPSA) is 54.9 Å². The maximum atomic E-state index is 11.3. The number of hydrogen-bond donors (Lipinski definition) is 1. The van der Waals surface area contributed by atoms with E-state index in [1.165, 1.54) is 17.3 Å². The van der Waals surface area contributed by atoms with Gasteiger partial charge in [0, 0.05) is 12.6 Å². The van der Waals surface area contributed by atoms with Gasteiger partial charge in [0.25, 0.3) is 0 Å². The number of aromatic nitrogens is 2. The Morgan fingerprint density at radius 2 is 2.50 bits per heavy atom. The number of aryl methyl sites for hydroxylation is 1. The van der Waals surface area contributed by atoms with Crippen LogP contribution in [-0.4, -0.2) is 21.6 Å². The van der Waals surface area contributed by atoms with E-state index in [4.69, 9.17) is 0 Å². The molecule has 0 aromatic carbocycles. The summed E-state index contributed by atoms with van der Waals surface area (Å²) in [6, 6.07) is 0. The first-order chi connectivity index (χ1) is 8.69. The van der Waals surface area contributed by atoms with Gasteiger partial charge in [-0.3, -0.25) is 4.79 Å². The number of hydrogen-bond acceptors (Lipinski definition) is 4. The van der Waals surface area contributed by atoms with Crippen LogP contribution in [0.3, 0.4) is 0 Å². The van der Waals surface area contributed by atoms with E-state index in [-0.39, 0.29) is 5.91 Å². The molecule has 1 aromatic rings. The molecule has 1 amide bonds. The van der Waals surface area contributed by atoms with Crippen LogP contribution >= 0.6 is 11.8 Å². The fraction of sp³-hybridized carbons (Fsp3) is 0.308. The van der Waals surface area contributed by atoms with Crippen molar-refractivity contribution in [3.8, 4) is 0 Å². The largest absolute Gasteiger partial charge is 0.309 e. The summed E-state index contributed by atoms with van der Waals surface area (Å²) in [4.78, 5) is 20.9. The minimum atomic E-state index is -0.000108. The third kappa shape index (κ3) is 3.20. The van der Waals surface area contributed by atoms with E-state index < -0.39 is 0 Å². The Morgan fingerprint density at radius 1 is 1.67 bits per heavy atom. The highest BCUT2D eigenvalue weighted by Crippen LogP contribution is 2.28. The number of carbonyl (C=O) groups excluding carboxylic acids is 1. The highest BCUT2D eigenvalue weighted by Gasteiger charge is 2.17. The molecule has 4 nitrogen and oxygen atoms in total. The number of nitrogens with one attached hydrogen (secondary N) is 1. The molecule has 1 aliphatic heterocycles. The molecule has 0 radical (unpaired) electrons. The van der Waals surface area contributed by atoms with Crippen molar-refractivity contribution in [3.63, 3.8) is 0 Å². The lowest BCUT2D eigenvalue weighted by molar-refractivity contribution is -0.113. The van der Waals surface area contributed by atoms with Crippen LogP contribution < -0.4 is 5.32 Å². The maximum absolute atomic E-state index is 11.3. The lowest BCUT2D eigenvalue weighted by Crippen LogP contribution is -2.20. The first-order valence-electron chi connectivity index (χ1n) is 5.76. The molecule has 0 saturated carbocycles. The van der Waals surface area contributed by atoms with E-state index in [9.17, 15) is 4.79 Å². The van der Waals surface area contributed by atoms with Crippen LogP contribution in [0, 0.1) is 0 Å². The molecule has 0 aliphatic carbocycles. The third-order valence-corrected chi connectivity index (χ3v) is 3.58. The molecule has 1 aliphatic rings. The van der Waals surface area contributed by atoms with Gasteiger partial charge in [-0.05, 0) is 13.3 Å². The molecule has 0 spiro atoms. The smallest absolute Gasteiger partial charge is 0.235 e. The van der Waals surface area contributed by atoms with Crippen molar-refractivity contribution < 1.29 is 4.79 Å². The van der Waals surface area contributed by atoms with E-state index in [0.717, 1.165) is 23.6 Å². The van der Waals surface area contributed by atoms with Gasteiger partial charge >= 0.3 is 0 Å². The average Bonchev–Trinajstić information content (AvgIpc) is 2.36. The molecule has 0 bridgehead atoms. The van der Waals surface area contributed by atoms with Crippen LogP contribution in [-0.2, 0) is 11.2 Å². The second-order valence-corrected chi connectivity index (χ2v) is 5.10. The highest BCUT2D eigenvalue weighted by molar-refractivity contribution is 8.00. The van der Waals surface area contributed by atoms with E-state index in [0.29, 0.717) is 11.6 Å². The number of fused-ring (bicyclic) bond motifs is 1. The van der Waals surface area contributed by atoms with E-state index in [1.807, 2.05) is 6.08 Å². The summed E-state index contributed by atoms with van der Waals surface area (Å²) < 4.78 is 0. The van der Waals surface area contributed by atoms with Gasteiger partial charge in [0.1, 0.15) is 11.6 Å². The van der Waals surface area contributed by atoms with Gasteiger partial charge in [0.05, 0.1) is 10.6 Å². The fourth-order valence-corrected chi connectivity index (χ4v) is 2.35. The van der Waals surface area contributed by atoms with Crippen molar-refractivity contribution in [1.29, 1.82) is 0 Å². The van der Waals surface area contributed by atoms with Gasteiger partial charge in [-0.25, -0.2) is 9.97 Å². The normalized spacial score (nSPS) is 14.9. The zero-order valence-corrected chi connectivity index (χ0v) is 11.1. The van der Waals surface area contributed by atoms with Crippen LogP contribution in [0.5, 0.6) is 0 Å². The van der Waals surface area contributed by atoms with Gasteiger partial charge in [-0.2, -0.15) is 0 Å². The van der Waals surface area contributed by atoms with Crippen molar-refractivity contribution in [3.05, 3.63) is 36.3 Å². The number of thioether (sulfide) groups is 1. The summed E-state index contributed by atoms with van der Waals surface area (Å²) in [6.45, 7) is 5.72. The summed E-state index contributed by atoms with van der Waals surface area (Å²) in [5.41, 5.74) is 1.24. The summed E-state index contributed by atoms with van der Waals surface area (Å²) in [5, 5.41) is 2.77. The number of carbonyl (C=O) groups is 1. The van der Waals surface area contributed by atoms with E-state index in [1.54, 1.807) is 12.3 Å². The molecular weight excluding hydrogens is 246 g/mol. The van der Waals surface area contributed by atoms with Crippen molar-refractivity contribution in [2.75, 3.05) is 11.1 Å². The number of allylic oxidation sites excluding steroid dienone is 3. The lowest BCUT2D eigenvalue weighted by Gasteiger charge is -2.15. The van der Waals surface area contributed by atoms with Crippen LogP contribution in [0.25, 0.3) is 0 Å². The Bertz CT molecular complexity index is 511. The second-order valence-electron chi connectivity index (χ2n) is 4.08. The summed E-state index contributed by atoms with van der Waals surface area (Å²) >= 11 is 1.48. The molecule has 1 N–H and O–H groups in total. The van der Waals surface area contributed by atoms with Crippen molar-refractivity contribution in [2.24, 2.45) is 0 Å². The van der Waals surface area contributed by atoms with Gasteiger partial charge in [0.2, 0.25) is 5.91 Å². The molecule has 0 saturated heterocycles. The second kappa shape index (κ2) is 5.82. The van der Waals surface area contributed by atoms with Crippen molar-refractivity contribution in [1.82, 2.24) is 9.97 Å². The first kappa shape index (κ1) is 12.8. The first-order valence-corrected chi connectivity index (χ1v) is 6.74. The Balaban J connectivity index is 2.07. The SMILES string of the molecule is C=CC=C(C)CCc1ncc2c(n1)NC(=O)CS2. The number of anilines is 1. The Labute approximate surface area is 111 Å². The molecule has 5 heteroatoms. The molecule has 2 heterocycles. The van der Waals surface area contributed by atoms with Gasteiger partial charge in [0.15, 0.2) is 0 Å².